The summed E-state index contributed by atoms with van der Waals surface area (Å²) < 4.78 is 4.80. The Labute approximate surface area is 92.0 Å². The molecule has 0 bridgehead atoms. The van der Waals surface area contributed by atoms with Gasteiger partial charge in [-0.2, -0.15) is 0 Å². The molecule has 1 aliphatic heterocycles. The lowest BCUT2D eigenvalue weighted by molar-refractivity contribution is -0.154. The smallest absolute Gasteiger partial charge is 0.311 e. The van der Waals surface area contributed by atoms with Gasteiger partial charge in [0.25, 0.3) is 0 Å². The van der Waals surface area contributed by atoms with Crippen molar-refractivity contribution in [2.24, 2.45) is 11.3 Å². The highest BCUT2D eigenvalue weighted by molar-refractivity contribution is 5.85. The summed E-state index contributed by atoms with van der Waals surface area (Å²) in [4.78, 5) is 11.5. The predicted molar refractivity (Wildman–Crippen MR) is 58.6 cm³/mol. The molecule has 1 atom stereocenters. The van der Waals surface area contributed by atoms with Crippen LogP contribution in [0, 0.1) is 11.3 Å². The highest BCUT2D eigenvalue weighted by Crippen LogP contribution is 2.32. The van der Waals surface area contributed by atoms with Crippen molar-refractivity contribution in [2.45, 2.75) is 26.7 Å². The van der Waals surface area contributed by atoms with Gasteiger partial charge in [-0.1, -0.05) is 0 Å². The van der Waals surface area contributed by atoms with Gasteiger partial charge in [-0.25, -0.2) is 0 Å². The second-order valence-electron chi connectivity index (χ2n) is 4.26. The van der Waals surface area contributed by atoms with E-state index in [1.54, 1.807) is 0 Å². The van der Waals surface area contributed by atoms with Gasteiger partial charge in [0.2, 0.25) is 0 Å². The Morgan fingerprint density at radius 1 is 1.50 bits per heavy atom. The van der Waals surface area contributed by atoms with Crippen LogP contribution in [0.4, 0.5) is 0 Å². The van der Waals surface area contributed by atoms with Crippen LogP contribution in [0.3, 0.4) is 0 Å². The Hall–Kier alpha value is -0.280. The Kier molecular flexibility index (Phi) is 5.45. The molecule has 0 aliphatic carbocycles. The first-order chi connectivity index (χ1) is 6.09. The standard InChI is InChI=1S/C10H19NO2.ClH/c1-10(2,9(12)13-3)8-5-4-6-11-7-8;/h8,11H,4-7H2,1-3H3;1H/t8-;/m0./s1. The molecule has 0 saturated carbocycles. The number of hydrogen-bond donors (Lipinski definition) is 1. The van der Waals surface area contributed by atoms with Crippen LogP contribution in [-0.4, -0.2) is 26.2 Å². The molecule has 0 amide bonds. The number of halogens is 1. The molecule has 84 valence electrons. The number of rotatable bonds is 2. The molecular formula is C10H20ClNO2. The number of hydrogen-bond acceptors (Lipinski definition) is 3. The van der Waals surface area contributed by atoms with Crippen molar-refractivity contribution < 1.29 is 9.53 Å². The van der Waals surface area contributed by atoms with E-state index in [0.717, 1.165) is 25.9 Å². The van der Waals surface area contributed by atoms with E-state index in [0.29, 0.717) is 5.92 Å². The summed E-state index contributed by atoms with van der Waals surface area (Å²) in [6.07, 6.45) is 2.28. The van der Waals surface area contributed by atoms with E-state index < -0.39 is 0 Å². The lowest BCUT2D eigenvalue weighted by Crippen LogP contribution is -2.43. The number of carbonyl (C=O) groups excluding carboxylic acids is 1. The Morgan fingerprint density at radius 2 is 2.14 bits per heavy atom. The van der Waals surface area contributed by atoms with E-state index in [9.17, 15) is 4.79 Å². The first-order valence-corrected chi connectivity index (χ1v) is 4.88. The van der Waals surface area contributed by atoms with Crippen molar-refractivity contribution in [1.29, 1.82) is 0 Å². The van der Waals surface area contributed by atoms with Crippen LogP contribution < -0.4 is 5.32 Å². The molecule has 0 unspecified atom stereocenters. The molecule has 1 fully saturated rings. The van der Waals surface area contributed by atoms with Gasteiger partial charge in [0.15, 0.2) is 0 Å². The van der Waals surface area contributed by atoms with Gasteiger partial charge in [-0.05, 0) is 45.7 Å². The second kappa shape index (κ2) is 5.56. The predicted octanol–water partition coefficient (Wildman–Crippen LogP) is 1.61. The zero-order valence-corrected chi connectivity index (χ0v) is 9.95. The Morgan fingerprint density at radius 3 is 2.57 bits per heavy atom. The van der Waals surface area contributed by atoms with Gasteiger partial charge in [0, 0.05) is 0 Å². The van der Waals surface area contributed by atoms with E-state index in [2.05, 4.69) is 5.32 Å². The first kappa shape index (κ1) is 13.7. The zero-order chi connectivity index (χ0) is 9.90. The Bertz CT molecular complexity index is 189. The topological polar surface area (TPSA) is 38.3 Å². The van der Waals surface area contributed by atoms with Crippen molar-refractivity contribution in [3.8, 4) is 0 Å². The molecule has 0 spiro atoms. The number of esters is 1. The summed E-state index contributed by atoms with van der Waals surface area (Å²) in [6.45, 7) is 5.95. The average Bonchev–Trinajstić information content (AvgIpc) is 2.18. The minimum atomic E-state index is -0.345. The summed E-state index contributed by atoms with van der Waals surface area (Å²) >= 11 is 0. The maximum Gasteiger partial charge on any atom is 0.311 e. The number of nitrogens with one attached hydrogen (secondary N) is 1. The van der Waals surface area contributed by atoms with Gasteiger partial charge in [-0.3, -0.25) is 4.79 Å². The van der Waals surface area contributed by atoms with Crippen LogP contribution in [-0.2, 0) is 9.53 Å². The van der Waals surface area contributed by atoms with Gasteiger partial charge in [0.1, 0.15) is 0 Å². The lowest BCUT2D eigenvalue weighted by Gasteiger charge is -2.34. The van der Waals surface area contributed by atoms with Gasteiger partial charge >= 0.3 is 5.97 Å². The SMILES string of the molecule is COC(=O)C(C)(C)[C@H]1CCCNC1.Cl. The van der Waals surface area contributed by atoms with Gasteiger partial charge < -0.3 is 10.1 Å². The molecule has 1 rings (SSSR count). The monoisotopic (exact) mass is 221 g/mol. The number of ether oxygens (including phenoxy) is 1. The molecule has 1 N–H and O–H groups in total. The van der Waals surface area contributed by atoms with E-state index in [-0.39, 0.29) is 23.8 Å². The first-order valence-electron chi connectivity index (χ1n) is 4.88. The fourth-order valence-electron chi connectivity index (χ4n) is 1.90. The molecule has 4 heteroatoms. The van der Waals surface area contributed by atoms with Crippen LogP contribution in [0.1, 0.15) is 26.7 Å². The quantitative estimate of drug-likeness (QED) is 0.720. The Balaban J connectivity index is 0.00000169. The number of methoxy groups -OCH3 is 1. The van der Waals surface area contributed by atoms with Gasteiger partial charge in [0.05, 0.1) is 12.5 Å². The zero-order valence-electron chi connectivity index (χ0n) is 9.13. The van der Waals surface area contributed by atoms with Crippen molar-refractivity contribution >= 4 is 18.4 Å². The van der Waals surface area contributed by atoms with E-state index in [4.69, 9.17) is 4.74 Å². The summed E-state index contributed by atoms with van der Waals surface area (Å²) in [5.74, 6) is 0.315. The third-order valence-corrected chi connectivity index (χ3v) is 3.03. The molecule has 0 aromatic heterocycles. The maximum absolute atomic E-state index is 11.5. The normalized spacial score (nSPS) is 22.4. The van der Waals surface area contributed by atoms with E-state index in [1.165, 1.54) is 7.11 Å². The molecule has 1 heterocycles. The minimum absolute atomic E-state index is 0. The summed E-state index contributed by atoms with van der Waals surface area (Å²) in [7, 11) is 1.46. The fourth-order valence-corrected chi connectivity index (χ4v) is 1.90. The van der Waals surface area contributed by atoms with Gasteiger partial charge in [-0.15, -0.1) is 12.4 Å². The van der Waals surface area contributed by atoms with Crippen molar-refractivity contribution in [1.82, 2.24) is 5.32 Å². The molecule has 0 radical (unpaired) electrons. The maximum atomic E-state index is 11.5. The second-order valence-corrected chi connectivity index (χ2v) is 4.26. The molecule has 0 aromatic carbocycles. The van der Waals surface area contributed by atoms with Crippen molar-refractivity contribution in [3.63, 3.8) is 0 Å². The largest absolute Gasteiger partial charge is 0.469 e. The molecular weight excluding hydrogens is 202 g/mol. The van der Waals surface area contributed by atoms with E-state index >= 15 is 0 Å². The minimum Gasteiger partial charge on any atom is -0.469 e. The molecule has 3 nitrogen and oxygen atoms in total. The summed E-state index contributed by atoms with van der Waals surface area (Å²) in [5.41, 5.74) is -0.345. The van der Waals surface area contributed by atoms with Crippen LogP contribution in [0.5, 0.6) is 0 Å². The van der Waals surface area contributed by atoms with E-state index in [1.807, 2.05) is 13.8 Å². The fraction of sp³-hybridized carbons (Fsp3) is 0.900. The number of piperidine rings is 1. The van der Waals surface area contributed by atoms with Crippen molar-refractivity contribution in [2.75, 3.05) is 20.2 Å². The lowest BCUT2D eigenvalue weighted by atomic mass is 9.75. The molecule has 14 heavy (non-hydrogen) atoms. The third kappa shape index (κ3) is 2.85. The average molecular weight is 222 g/mol. The molecule has 1 saturated heterocycles. The molecule has 1 aliphatic rings. The van der Waals surface area contributed by atoms with Crippen LogP contribution >= 0.6 is 12.4 Å². The third-order valence-electron chi connectivity index (χ3n) is 3.03. The summed E-state index contributed by atoms with van der Waals surface area (Å²) in [6, 6.07) is 0. The van der Waals surface area contributed by atoms with Crippen LogP contribution in [0.25, 0.3) is 0 Å². The molecule has 0 aromatic rings. The van der Waals surface area contributed by atoms with Crippen LogP contribution in [0.15, 0.2) is 0 Å². The highest BCUT2D eigenvalue weighted by atomic mass is 35.5. The number of carbonyl (C=O) groups is 1. The van der Waals surface area contributed by atoms with Crippen molar-refractivity contribution in [3.05, 3.63) is 0 Å². The van der Waals surface area contributed by atoms with Crippen LogP contribution in [0.2, 0.25) is 0 Å². The highest BCUT2D eigenvalue weighted by Gasteiger charge is 2.38. The summed E-state index contributed by atoms with van der Waals surface area (Å²) in [5, 5.41) is 3.31.